The van der Waals surface area contributed by atoms with Gasteiger partial charge in [-0.1, -0.05) is 24.3 Å². The summed E-state index contributed by atoms with van der Waals surface area (Å²) in [6, 6.07) is 11.0. The van der Waals surface area contributed by atoms with Crippen LogP contribution in [-0.2, 0) is 13.2 Å². The summed E-state index contributed by atoms with van der Waals surface area (Å²) in [6.07, 6.45) is 1.61. The van der Waals surface area contributed by atoms with E-state index in [9.17, 15) is 0 Å². The molecule has 3 N–H and O–H groups in total. The molecule has 0 atom stereocenters. The Morgan fingerprint density at radius 2 is 1.82 bits per heavy atom. The number of aliphatic hydroxyl groups excluding tert-OH is 1. The van der Waals surface area contributed by atoms with Crippen molar-refractivity contribution in [1.82, 2.24) is 4.98 Å². The molecule has 2 rings (SSSR count). The molecule has 0 aliphatic heterocycles. The first-order valence-electron chi connectivity index (χ1n) is 5.31. The maximum atomic E-state index is 8.91. The van der Waals surface area contributed by atoms with E-state index in [4.69, 9.17) is 15.6 Å². The molecule has 4 nitrogen and oxygen atoms in total. The fourth-order valence-electron chi connectivity index (χ4n) is 1.40. The normalized spacial score (nSPS) is 10.2. The number of benzene rings is 1. The first-order chi connectivity index (χ1) is 8.28. The van der Waals surface area contributed by atoms with Crippen molar-refractivity contribution in [3.63, 3.8) is 0 Å². The predicted molar refractivity (Wildman–Crippen MR) is 65.3 cm³/mol. The first-order valence-corrected chi connectivity index (χ1v) is 5.31. The quantitative estimate of drug-likeness (QED) is 0.839. The Hall–Kier alpha value is -2.07. The number of rotatable bonds is 4. The van der Waals surface area contributed by atoms with Crippen molar-refractivity contribution in [3.8, 4) is 5.88 Å². The highest BCUT2D eigenvalue weighted by molar-refractivity contribution is 5.39. The lowest BCUT2D eigenvalue weighted by atomic mass is 10.1. The van der Waals surface area contributed by atoms with E-state index >= 15 is 0 Å². The van der Waals surface area contributed by atoms with Gasteiger partial charge < -0.3 is 15.6 Å². The molecule has 1 heterocycles. The summed E-state index contributed by atoms with van der Waals surface area (Å²) in [4.78, 5) is 4.05. The van der Waals surface area contributed by atoms with Crippen LogP contribution in [0.3, 0.4) is 0 Å². The second-order valence-electron chi connectivity index (χ2n) is 3.69. The van der Waals surface area contributed by atoms with Gasteiger partial charge in [0.25, 0.3) is 0 Å². The molecule has 17 heavy (non-hydrogen) atoms. The third kappa shape index (κ3) is 3.19. The summed E-state index contributed by atoms with van der Waals surface area (Å²) in [5, 5.41) is 8.91. The summed E-state index contributed by atoms with van der Waals surface area (Å²) in [5.41, 5.74) is 8.15. The van der Waals surface area contributed by atoms with Crippen LogP contribution in [0.1, 0.15) is 11.1 Å². The van der Waals surface area contributed by atoms with Crippen molar-refractivity contribution in [2.45, 2.75) is 13.2 Å². The van der Waals surface area contributed by atoms with E-state index < -0.39 is 0 Å². The second kappa shape index (κ2) is 5.32. The molecule has 0 aliphatic carbocycles. The molecule has 4 heteroatoms. The van der Waals surface area contributed by atoms with E-state index in [1.54, 1.807) is 18.3 Å². The highest BCUT2D eigenvalue weighted by atomic mass is 16.5. The summed E-state index contributed by atoms with van der Waals surface area (Å²) in [6.45, 7) is 0.486. The van der Waals surface area contributed by atoms with Crippen LogP contribution in [0.15, 0.2) is 42.6 Å². The summed E-state index contributed by atoms with van der Waals surface area (Å²) in [7, 11) is 0. The minimum Gasteiger partial charge on any atom is -0.473 e. The van der Waals surface area contributed by atoms with Gasteiger partial charge in [0.1, 0.15) is 6.61 Å². The topological polar surface area (TPSA) is 68.4 Å². The zero-order valence-electron chi connectivity index (χ0n) is 9.34. The van der Waals surface area contributed by atoms with E-state index in [2.05, 4.69) is 4.98 Å². The van der Waals surface area contributed by atoms with Gasteiger partial charge in [0.15, 0.2) is 0 Å². The van der Waals surface area contributed by atoms with Crippen molar-refractivity contribution in [3.05, 3.63) is 53.7 Å². The Morgan fingerprint density at radius 3 is 2.47 bits per heavy atom. The van der Waals surface area contributed by atoms with Crippen molar-refractivity contribution in [2.75, 3.05) is 5.73 Å². The van der Waals surface area contributed by atoms with Gasteiger partial charge in [-0.3, -0.25) is 0 Å². The number of hydrogen-bond acceptors (Lipinski definition) is 4. The Kier molecular flexibility index (Phi) is 3.57. The number of ether oxygens (including phenoxy) is 1. The average Bonchev–Trinajstić information content (AvgIpc) is 2.37. The van der Waals surface area contributed by atoms with E-state index in [-0.39, 0.29) is 6.61 Å². The SMILES string of the molecule is Nc1ccnc(OCc2ccc(CO)cc2)c1. The maximum Gasteiger partial charge on any atom is 0.215 e. The van der Waals surface area contributed by atoms with Crippen LogP contribution >= 0.6 is 0 Å². The smallest absolute Gasteiger partial charge is 0.215 e. The molecule has 1 aromatic heterocycles. The van der Waals surface area contributed by atoms with Crippen molar-refractivity contribution < 1.29 is 9.84 Å². The molecule has 0 radical (unpaired) electrons. The Labute approximate surface area is 99.7 Å². The third-order valence-electron chi connectivity index (χ3n) is 2.35. The zero-order chi connectivity index (χ0) is 12.1. The molecule has 0 unspecified atom stereocenters. The number of aliphatic hydroxyl groups is 1. The molecular weight excluding hydrogens is 216 g/mol. The third-order valence-corrected chi connectivity index (χ3v) is 2.35. The lowest BCUT2D eigenvalue weighted by Crippen LogP contribution is -1.98. The highest BCUT2D eigenvalue weighted by Gasteiger charge is 1.98. The Balaban J connectivity index is 1.97. The minimum absolute atomic E-state index is 0.0535. The van der Waals surface area contributed by atoms with Gasteiger partial charge in [-0.2, -0.15) is 0 Å². The lowest BCUT2D eigenvalue weighted by molar-refractivity contribution is 0.281. The van der Waals surface area contributed by atoms with Crippen molar-refractivity contribution >= 4 is 5.69 Å². The van der Waals surface area contributed by atoms with Gasteiger partial charge in [-0.05, 0) is 17.2 Å². The first kappa shape index (κ1) is 11.4. The standard InChI is InChI=1S/C13H14N2O2/c14-12-5-6-15-13(7-12)17-9-11-3-1-10(8-16)2-4-11/h1-7,16H,8-9H2,(H2,14,15). The zero-order valence-corrected chi connectivity index (χ0v) is 9.34. The molecule has 0 amide bonds. The number of anilines is 1. The highest BCUT2D eigenvalue weighted by Crippen LogP contribution is 2.13. The monoisotopic (exact) mass is 230 g/mol. The van der Waals surface area contributed by atoms with Crippen LogP contribution in [0, 0.1) is 0 Å². The molecule has 2 aromatic rings. The molecule has 0 fully saturated rings. The van der Waals surface area contributed by atoms with E-state index in [1.165, 1.54) is 0 Å². The van der Waals surface area contributed by atoms with Gasteiger partial charge in [0.05, 0.1) is 6.61 Å². The minimum atomic E-state index is 0.0535. The van der Waals surface area contributed by atoms with Crippen LogP contribution in [0.5, 0.6) is 5.88 Å². The number of nitrogens with zero attached hydrogens (tertiary/aromatic N) is 1. The summed E-state index contributed by atoms with van der Waals surface area (Å²) in [5.74, 6) is 0.510. The molecular formula is C13H14N2O2. The summed E-state index contributed by atoms with van der Waals surface area (Å²) < 4.78 is 5.49. The predicted octanol–water partition coefficient (Wildman–Crippen LogP) is 1.74. The van der Waals surface area contributed by atoms with E-state index in [1.807, 2.05) is 24.3 Å². The van der Waals surface area contributed by atoms with E-state index in [0.29, 0.717) is 18.2 Å². The molecule has 0 saturated carbocycles. The Morgan fingerprint density at radius 1 is 1.12 bits per heavy atom. The van der Waals surface area contributed by atoms with Crippen molar-refractivity contribution in [1.29, 1.82) is 0 Å². The summed E-state index contributed by atoms with van der Waals surface area (Å²) >= 11 is 0. The number of nitrogen functional groups attached to an aromatic ring is 1. The van der Waals surface area contributed by atoms with Crippen LogP contribution in [0.2, 0.25) is 0 Å². The molecule has 0 saturated heterocycles. The fraction of sp³-hybridized carbons (Fsp3) is 0.154. The Bertz CT molecular complexity index is 483. The van der Waals surface area contributed by atoms with Crippen LogP contribution in [0.25, 0.3) is 0 Å². The number of pyridine rings is 1. The lowest BCUT2D eigenvalue weighted by Gasteiger charge is -2.06. The van der Waals surface area contributed by atoms with Crippen LogP contribution in [0.4, 0.5) is 5.69 Å². The molecule has 1 aromatic carbocycles. The van der Waals surface area contributed by atoms with Crippen molar-refractivity contribution in [2.24, 2.45) is 0 Å². The van der Waals surface area contributed by atoms with Gasteiger partial charge in [0.2, 0.25) is 5.88 Å². The molecule has 0 spiro atoms. The number of aromatic nitrogens is 1. The fourth-order valence-corrected chi connectivity index (χ4v) is 1.40. The largest absolute Gasteiger partial charge is 0.473 e. The molecule has 0 bridgehead atoms. The van der Waals surface area contributed by atoms with Gasteiger partial charge in [-0.15, -0.1) is 0 Å². The number of hydrogen-bond donors (Lipinski definition) is 2. The van der Waals surface area contributed by atoms with Gasteiger partial charge in [0, 0.05) is 18.0 Å². The van der Waals surface area contributed by atoms with Gasteiger partial charge >= 0.3 is 0 Å². The number of nitrogens with two attached hydrogens (primary N) is 1. The van der Waals surface area contributed by atoms with E-state index in [0.717, 1.165) is 11.1 Å². The van der Waals surface area contributed by atoms with Gasteiger partial charge in [-0.25, -0.2) is 4.98 Å². The molecule has 0 aliphatic rings. The maximum absolute atomic E-state index is 8.91. The molecule has 88 valence electrons. The van der Waals surface area contributed by atoms with Crippen LogP contribution < -0.4 is 10.5 Å². The average molecular weight is 230 g/mol. The second-order valence-corrected chi connectivity index (χ2v) is 3.69. The van der Waals surface area contributed by atoms with Crippen LogP contribution in [-0.4, -0.2) is 10.1 Å².